The van der Waals surface area contributed by atoms with Gasteiger partial charge in [0.2, 0.25) is 0 Å². The topological polar surface area (TPSA) is 21.3 Å². The maximum Gasteiger partial charge on any atom is 0.142 e. The molecule has 0 saturated carbocycles. The maximum absolute atomic E-state index is 5.82. The van der Waals surface area contributed by atoms with Gasteiger partial charge in [0, 0.05) is 6.54 Å². The Balaban J connectivity index is 1.99. The molecular weight excluding hydrogens is 322 g/mol. The molecule has 19 heavy (non-hydrogen) atoms. The Labute approximate surface area is 126 Å². The zero-order chi connectivity index (χ0) is 13.7. The van der Waals surface area contributed by atoms with Gasteiger partial charge in [0.05, 0.1) is 16.1 Å². The van der Waals surface area contributed by atoms with Crippen molar-refractivity contribution in [1.82, 2.24) is 0 Å². The van der Waals surface area contributed by atoms with Crippen molar-refractivity contribution in [3.05, 3.63) is 45.1 Å². The zero-order valence-corrected chi connectivity index (χ0v) is 13.6. The average molecular weight is 340 g/mol. The second-order valence-corrected chi connectivity index (χ2v) is 7.10. The van der Waals surface area contributed by atoms with Crippen LogP contribution in [0, 0.1) is 5.92 Å². The minimum absolute atomic E-state index is 0.529. The van der Waals surface area contributed by atoms with Crippen molar-refractivity contribution in [2.75, 3.05) is 11.9 Å². The molecule has 102 valence electrons. The van der Waals surface area contributed by atoms with Crippen LogP contribution >= 0.6 is 27.3 Å². The van der Waals surface area contributed by atoms with E-state index in [1.807, 2.05) is 18.2 Å². The molecule has 0 spiro atoms. The summed E-state index contributed by atoms with van der Waals surface area (Å²) in [7, 11) is 0. The van der Waals surface area contributed by atoms with E-state index < -0.39 is 0 Å². The number of benzene rings is 1. The molecule has 0 aliphatic rings. The number of hydrogen-bond acceptors (Lipinski definition) is 3. The van der Waals surface area contributed by atoms with Gasteiger partial charge < -0.3 is 10.1 Å². The van der Waals surface area contributed by atoms with Crippen LogP contribution in [0.15, 0.2) is 39.5 Å². The molecule has 0 bridgehead atoms. The minimum atomic E-state index is 0.529. The van der Waals surface area contributed by atoms with E-state index in [1.54, 1.807) is 11.3 Å². The van der Waals surface area contributed by atoms with Gasteiger partial charge in [0.15, 0.2) is 0 Å². The smallest absolute Gasteiger partial charge is 0.142 e. The lowest BCUT2D eigenvalue weighted by molar-refractivity contribution is 0.272. The van der Waals surface area contributed by atoms with Crippen LogP contribution in [0.25, 0.3) is 0 Å². The first kappa shape index (κ1) is 14.4. The molecule has 0 radical (unpaired) electrons. The van der Waals surface area contributed by atoms with Gasteiger partial charge in [0.25, 0.3) is 0 Å². The van der Waals surface area contributed by atoms with Crippen LogP contribution in [0.3, 0.4) is 0 Å². The third kappa shape index (κ3) is 4.55. The highest BCUT2D eigenvalue weighted by Gasteiger charge is 2.04. The van der Waals surface area contributed by atoms with Crippen LogP contribution < -0.4 is 10.1 Å². The van der Waals surface area contributed by atoms with Crippen molar-refractivity contribution in [2.24, 2.45) is 5.92 Å². The third-order valence-electron chi connectivity index (χ3n) is 2.56. The largest absolute Gasteiger partial charge is 0.491 e. The SMILES string of the molecule is CC(C)COc1ccccc1NCc1csc(Br)c1. The summed E-state index contributed by atoms with van der Waals surface area (Å²) in [4.78, 5) is 0. The Morgan fingerprint density at radius 1 is 1.32 bits per heavy atom. The van der Waals surface area contributed by atoms with Crippen LogP contribution in [0.1, 0.15) is 19.4 Å². The number of rotatable bonds is 6. The van der Waals surface area contributed by atoms with Crippen molar-refractivity contribution in [1.29, 1.82) is 0 Å². The number of ether oxygens (including phenoxy) is 1. The predicted molar refractivity (Wildman–Crippen MR) is 86.1 cm³/mol. The summed E-state index contributed by atoms with van der Waals surface area (Å²) in [6, 6.07) is 10.2. The first-order valence-corrected chi connectivity index (χ1v) is 8.01. The molecule has 4 heteroatoms. The summed E-state index contributed by atoms with van der Waals surface area (Å²) < 4.78 is 6.98. The van der Waals surface area contributed by atoms with Crippen molar-refractivity contribution in [3.63, 3.8) is 0 Å². The summed E-state index contributed by atoms with van der Waals surface area (Å²) in [5.41, 5.74) is 2.32. The van der Waals surface area contributed by atoms with E-state index >= 15 is 0 Å². The van der Waals surface area contributed by atoms with Gasteiger partial charge >= 0.3 is 0 Å². The number of anilines is 1. The van der Waals surface area contributed by atoms with Gasteiger partial charge in [-0.3, -0.25) is 0 Å². The van der Waals surface area contributed by atoms with Gasteiger partial charge in [-0.2, -0.15) is 0 Å². The summed E-state index contributed by atoms with van der Waals surface area (Å²) in [6.07, 6.45) is 0. The Bertz CT molecular complexity index is 524. The molecule has 0 unspecified atom stereocenters. The van der Waals surface area contributed by atoms with E-state index in [0.29, 0.717) is 5.92 Å². The lowest BCUT2D eigenvalue weighted by Gasteiger charge is -2.14. The van der Waals surface area contributed by atoms with E-state index in [2.05, 4.69) is 52.6 Å². The zero-order valence-electron chi connectivity index (χ0n) is 11.2. The fourth-order valence-electron chi connectivity index (χ4n) is 1.63. The van der Waals surface area contributed by atoms with Gasteiger partial charge in [-0.1, -0.05) is 26.0 Å². The van der Waals surface area contributed by atoms with Gasteiger partial charge in [0.1, 0.15) is 5.75 Å². The van der Waals surface area contributed by atoms with Crippen molar-refractivity contribution < 1.29 is 4.74 Å². The van der Waals surface area contributed by atoms with E-state index in [0.717, 1.165) is 28.4 Å². The molecule has 0 atom stereocenters. The minimum Gasteiger partial charge on any atom is -0.491 e. The first-order chi connectivity index (χ1) is 9.15. The van der Waals surface area contributed by atoms with Gasteiger partial charge in [-0.05, 0) is 51.0 Å². The molecule has 0 fully saturated rings. The monoisotopic (exact) mass is 339 g/mol. The fourth-order valence-corrected chi connectivity index (χ4v) is 2.84. The Morgan fingerprint density at radius 2 is 2.11 bits per heavy atom. The van der Waals surface area contributed by atoms with Gasteiger partial charge in [-0.15, -0.1) is 11.3 Å². The van der Waals surface area contributed by atoms with Crippen molar-refractivity contribution in [3.8, 4) is 5.75 Å². The normalized spacial score (nSPS) is 10.7. The fraction of sp³-hybridized carbons (Fsp3) is 0.333. The second-order valence-electron chi connectivity index (χ2n) is 4.81. The molecule has 2 rings (SSSR count). The predicted octanol–water partition coefficient (Wildman–Crippen LogP) is 5.16. The van der Waals surface area contributed by atoms with Crippen LogP contribution in [0.4, 0.5) is 5.69 Å². The van der Waals surface area contributed by atoms with Crippen LogP contribution in [-0.4, -0.2) is 6.61 Å². The highest BCUT2D eigenvalue weighted by molar-refractivity contribution is 9.11. The molecule has 0 aliphatic carbocycles. The summed E-state index contributed by atoms with van der Waals surface area (Å²) in [6.45, 7) is 5.85. The van der Waals surface area contributed by atoms with E-state index in [4.69, 9.17) is 4.74 Å². The lowest BCUT2D eigenvalue weighted by Crippen LogP contribution is -2.07. The Morgan fingerprint density at radius 3 is 2.79 bits per heavy atom. The summed E-state index contributed by atoms with van der Waals surface area (Å²) in [5.74, 6) is 1.45. The number of halogens is 1. The maximum atomic E-state index is 5.82. The molecule has 2 aromatic rings. The van der Waals surface area contributed by atoms with Crippen LogP contribution in [0.5, 0.6) is 5.75 Å². The van der Waals surface area contributed by atoms with Crippen molar-refractivity contribution >= 4 is 33.0 Å². The summed E-state index contributed by atoms with van der Waals surface area (Å²) >= 11 is 5.18. The van der Waals surface area contributed by atoms with Gasteiger partial charge in [-0.25, -0.2) is 0 Å². The van der Waals surface area contributed by atoms with Crippen molar-refractivity contribution in [2.45, 2.75) is 20.4 Å². The van der Waals surface area contributed by atoms with E-state index in [1.165, 1.54) is 5.56 Å². The molecule has 2 nitrogen and oxygen atoms in total. The third-order valence-corrected chi connectivity index (χ3v) is 4.12. The van der Waals surface area contributed by atoms with E-state index in [-0.39, 0.29) is 0 Å². The number of hydrogen-bond donors (Lipinski definition) is 1. The number of thiophene rings is 1. The highest BCUT2D eigenvalue weighted by Crippen LogP contribution is 2.26. The van der Waals surface area contributed by atoms with E-state index in [9.17, 15) is 0 Å². The highest BCUT2D eigenvalue weighted by atomic mass is 79.9. The van der Waals surface area contributed by atoms with Crippen LogP contribution in [0.2, 0.25) is 0 Å². The average Bonchev–Trinajstić information content (AvgIpc) is 2.80. The second kappa shape index (κ2) is 6.96. The molecule has 0 aliphatic heterocycles. The molecule has 1 N–H and O–H groups in total. The quantitative estimate of drug-likeness (QED) is 0.784. The molecule has 0 amide bonds. The van der Waals surface area contributed by atoms with Crippen LogP contribution in [-0.2, 0) is 6.54 Å². The molecule has 0 saturated heterocycles. The number of nitrogens with one attached hydrogen (secondary N) is 1. The molecule has 1 aromatic heterocycles. The first-order valence-electron chi connectivity index (χ1n) is 6.34. The molecule has 1 heterocycles. The standard InChI is InChI=1S/C15H18BrNOS/c1-11(2)9-18-14-6-4-3-5-13(14)17-8-12-7-15(16)19-10-12/h3-7,10-11,17H,8-9H2,1-2H3. The summed E-state index contributed by atoms with van der Waals surface area (Å²) in [5, 5.41) is 5.57. The molecular formula is C15H18BrNOS. The Hall–Kier alpha value is -1.00. The Kier molecular flexibility index (Phi) is 5.28. The molecule has 1 aromatic carbocycles. The number of para-hydroxylation sites is 2. The lowest BCUT2D eigenvalue weighted by atomic mass is 10.2.